The van der Waals surface area contributed by atoms with E-state index in [2.05, 4.69) is 6.92 Å². The summed E-state index contributed by atoms with van der Waals surface area (Å²) in [7, 11) is 0. The van der Waals surface area contributed by atoms with Gasteiger partial charge in [-0.3, -0.25) is 0 Å². The van der Waals surface area contributed by atoms with Crippen LogP contribution in [-0.4, -0.2) is 11.5 Å². The Morgan fingerprint density at radius 3 is 1.83 bits per heavy atom. The maximum atomic E-state index is 11.3. The van der Waals surface area contributed by atoms with Crippen molar-refractivity contribution in [3.05, 3.63) is 6.92 Å². The van der Waals surface area contributed by atoms with Crippen molar-refractivity contribution >= 4 is 11.8 Å². The predicted molar refractivity (Wildman–Crippen MR) is 23.8 cm³/mol. The molecule has 0 rings (SSSR count). The first-order valence-electron chi connectivity index (χ1n) is 1.34. The van der Waals surface area contributed by atoms with E-state index in [9.17, 15) is 8.78 Å². The van der Waals surface area contributed by atoms with Crippen LogP contribution in [0.5, 0.6) is 0 Å². The average molecular weight is 111 g/mol. The van der Waals surface area contributed by atoms with E-state index in [1.54, 1.807) is 0 Å². The van der Waals surface area contributed by atoms with E-state index < -0.39 is 5.25 Å². The van der Waals surface area contributed by atoms with Crippen molar-refractivity contribution < 1.29 is 8.78 Å². The Bertz CT molecular complexity index is 38.5. The number of halogens is 2. The van der Waals surface area contributed by atoms with E-state index >= 15 is 0 Å². The van der Waals surface area contributed by atoms with E-state index in [-0.39, 0.29) is 0 Å². The Kier molecular flexibility index (Phi) is 1.84. The average Bonchev–Trinajstić information content (AvgIpc) is 1.35. The fourth-order valence-electron chi connectivity index (χ4n) is 0. The first kappa shape index (κ1) is 6.21. The summed E-state index contributed by atoms with van der Waals surface area (Å²) in [5.74, 6) is 0. The maximum absolute atomic E-state index is 11.3. The first-order valence-corrected chi connectivity index (χ1v) is 2.57. The SMILES string of the molecule is [CH2]C(F)(F)SC. The van der Waals surface area contributed by atoms with Gasteiger partial charge in [0.05, 0.1) is 0 Å². The second kappa shape index (κ2) is 1.78. The fourth-order valence-corrected chi connectivity index (χ4v) is 0. The molecule has 0 aliphatic rings. The molecule has 0 saturated carbocycles. The second-order valence-corrected chi connectivity index (χ2v) is 1.85. The lowest BCUT2D eigenvalue weighted by Gasteiger charge is -2.01. The van der Waals surface area contributed by atoms with Crippen LogP contribution in [0.4, 0.5) is 8.78 Å². The number of rotatable bonds is 1. The molecule has 1 radical (unpaired) electrons. The van der Waals surface area contributed by atoms with Gasteiger partial charge in [-0.15, -0.1) is 0 Å². The minimum atomic E-state index is -2.79. The van der Waals surface area contributed by atoms with Crippen LogP contribution < -0.4 is 0 Å². The minimum absolute atomic E-state index is 0.437. The monoisotopic (exact) mass is 111 g/mol. The Morgan fingerprint density at radius 2 is 1.83 bits per heavy atom. The van der Waals surface area contributed by atoms with E-state index in [1.165, 1.54) is 6.26 Å². The summed E-state index contributed by atoms with van der Waals surface area (Å²) in [6.07, 6.45) is 1.31. The molecule has 6 heavy (non-hydrogen) atoms. The van der Waals surface area contributed by atoms with Crippen molar-refractivity contribution in [2.24, 2.45) is 0 Å². The molecule has 0 fully saturated rings. The highest BCUT2D eigenvalue weighted by atomic mass is 32.2. The molecule has 0 bridgehead atoms. The molecular formula is C3H5F2S. The highest BCUT2D eigenvalue weighted by Gasteiger charge is 2.17. The first-order chi connectivity index (χ1) is 2.56. The van der Waals surface area contributed by atoms with Gasteiger partial charge in [0.25, 0.3) is 5.25 Å². The third-order valence-electron chi connectivity index (χ3n) is 0.299. The molecule has 0 N–H and O–H groups in total. The van der Waals surface area contributed by atoms with Gasteiger partial charge in [-0.25, -0.2) is 0 Å². The molecular weight excluding hydrogens is 106 g/mol. The number of hydrogen-bond acceptors (Lipinski definition) is 1. The summed E-state index contributed by atoms with van der Waals surface area (Å²) in [4.78, 5) is 0. The van der Waals surface area contributed by atoms with E-state index in [0.717, 1.165) is 0 Å². The van der Waals surface area contributed by atoms with Gasteiger partial charge in [-0.2, -0.15) is 8.78 Å². The Labute approximate surface area is 39.9 Å². The molecule has 0 heterocycles. The molecule has 0 unspecified atom stereocenters. The van der Waals surface area contributed by atoms with Gasteiger partial charge in [0.1, 0.15) is 0 Å². The maximum Gasteiger partial charge on any atom is 0.293 e. The van der Waals surface area contributed by atoms with Gasteiger partial charge < -0.3 is 0 Å². The molecule has 3 heteroatoms. The largest absolute Gasteiger partial charge is 0.293 e. The van der Waals surface area contributed by atoms with E-state index in [0.29, 0.717) is 11.8 Å². The smallest absolute Gasteiger partial charge is 0.194 e. The van der Waals surface area contributed by atoms with Crippen LogP contribution in [0.25, 0.3) is 0 Å². The third-order valence-corrected chi connectivity index (χ3v) is 0.896. The normalized spacial score (nSPS) is 12.0. The quantitative estimate of drug-likeness (QED) is 0.497. The number of hydrogen-bond donors (Lipinski definition) is 0. The Morgan fingerprint density at radius 1 is 1.67 bits per heavy atom. The van der Waals surface area contributed by atoms with Crippen LogP contribution >= 0.6 is 11.8 Å². The summed E-state index contributed by atoms with van der Waals surface area (Å²) >= 11 is 0.437. The topological polar surface area (TPSA) is 0 Å². The zero-order chi connectivity index (χ0) is 5.21. The van der Waals surface area contributed by atoms with Crippen molar-refractivity contribution in [3.63, 3.8) is 0 Å². The summed E-state index contributed by atoms with van der Waals surface area (Å²) in [6, 6.07) is 0. The van der Waals surface area contributed by atoms with Crippen LogP contribution in [-0.2, 0) is 0 Å². The van der Waals surface area contributed by atoms with Crippen molar-refractivity contribution in [2.75, 3.05) is 6.26 Å². The van der Waals surface area contributed by atoms with Crippen molar-refractivity contribution in [1.29, 1.82) is 0 Å². The summed E-state index contributed by atoms with van der Waals surface area (Å²) in [6.45, 7) is 2.52. The lowest BCUT2D eigenvalue weighted by atomic mass is 10.9. The summed E-state index contributed by atoms with van der Waals surface area (Å²) < 4.78 is 22.6. The molecule has 0 aromatic heterocycles. The Hall–Kier alpha value is 0.210. The molecule has 0 aromatic carbocycles. The minimum Gasteiger partial charge on any atom is -0.194 e. The van der Waals surface area contributed by atoms with Crippen LogP contribution in [0.15, 0.2) is 0 Å². The van der Waals surface area contributed by atoms with Gasteiger partial charge in [-0.05, 0) is 6.26 Å². The van der Waals surface area contributed by atoms with Crippen molar-refractivity contribution in [2.45, 2.75) is 5.25 Å². The van der Waals surface area contributed by atoms with Crippen molar-refractivity contribution in [1.82, 2.24) is 0 Å². The second-order valence-electron chi connectivity index (χ2n) is 0.841. The molecule has 0 atom stereocenters. The summed E-state index contributed by atoms with van der Waals surface area (Å²) in [5.41, 5.74) is 0. The fraction of sp³-hybridized carbons (Fsp3) is 0.667. The molecule has 0 aliphatic heterocycles. The third kappa shape index (κ3) is 4.21. The molecule has 0 nitrogen and oxygen atoms in total. The molecule has 37 valence electrons. The van der Waals surface area contributed by atoms with Crippen LogP contribution in [0, 0.1) is 6.92 Å². The highest BCUT2D eigenvalue weighted by molar-refractivity contribution is 7.99. The highest BCUT2D eigenvalue weighted by Crippen LogP contribution is 2.23. The van der Waals surface area contributed by atoms with E-state index in [1.807, 2.05) is 0 Å². The molecule has 0 aliphatic carbocycles. The van der Waals surface area contributed by atoms with Crippen LogP contribution in [0.2, 0.25) is 0 Å². The molecule has 0 spiro atoms. The van der Waals surface area contributed by atoms with Crippen LogP contribution in [0.3, 0.4) is 0 Å². The predicted octanol–water partition coefficient (Wildman–Crippen LogP) is 1.78. The van der Waals surface area contributed by atoms with Gasteiger partial charge in [0.15, 0.2) is 0 Å². The molecule has 0 amide bonds. The van der Waals surface area contributed by atoms with Gasteiger partial charge in [0.2, 0.25) is 0 Å². The zero-order valence-electron chi connectivity index (χ0n) is 3.37. The zero-order valence-corrected chi connectivity index (χ0v) is 4.19. The Balaban J connectivity index is 3.17. The number of alkyl halides is 2. The van der Waals surface area contributed by atoms with Crippen molar-refractivity contribution in [3.8, 4) is 0 Å². The van der Waals surface area contributed by atoms with Gasteiger partial charge >= 0.3 is 0 Å². The molecule has 0 aromatic rings. The van der Waals surface area contributed by atoms with E-state index in [4.69, 9.17) is 0 Å². The van der Waals surface area contributed by atoms with Gasteiger partial charge in [0, 0.05) is 6.92 Å². The lowest BCUT2D eigenvalue weighted by molar-refractivity contribution is 0.160. The number of thioether (sulfide) groups is 1. The van der Waals surface area contributed by atoms with Crippen LogP contribution in [0.1, 0.15) is 0 Å². The molecule has 0 saturated heterocycles. The standard InChI is InChI=1S/C3H5F2S/c1-3(4,5)6-2/h1H2,2H3. The summed E-state index contributed by atoms with van der Waals surface area (Å²) in [5, 5.41) is -2.79. The lowest BCUT2D eigenvalue weighted by Crippen LogP contribution is -1.99. The van der Waals surface area contributed by atoms with Gasteiger partial charge in [-0.1, -0.05) is 11.8 Å².